The highest BCUT2D eigenvalue weighted by Gasteiger charge is 2.39. The molecule has 29 heavy (non-hydrogen) atoms. The van der Waals surface area contributed by atoms with Gasteiger partial charge in [0.15, 0.2) is 0 Å². The molecule has 2 nitrogen and oxygen atoms in total. The Morgan fingerprint density at radius 2 is 1.41 bits per heavy atom. The second-order valence-electron chi connectivity index (χ2n) is 7.78. The Hall–Kier alpha value is -3.26. The Balaban J connectivity index is 1.56. The molecule has 144 valence electrons. The van der Waals surface area contributed by atoms with Gasteiger partial charge in [-0.15, -0.1) is 0 Å². The summed E-state index contributed by atoms with van der Waals surface area (Å²) in [5, 5.41) is 0. The molecule has 0 aliphatic heterocycles. The number of fused-ring (bicyclic) bond motifs is 1. The number of hydrogen-bond acceptors (Lipinski definition) is 2. The first kappa shape index (κ1) is 17.8. The Morgan fingerprint density at radius 1 is 0.793 bits per heavy atom. The van der Waals surface area contributed by atoms with Crippen LogP contribution in [0, 0.1) is 0 Å². The molecule has 0 spiro atoms. The average Bonchev–Trinajstić information content (AvgIpc) is 3.23. The van der Waals surface area contributed by atoms with Gasteiger partial charge in [0.25, 0.3) is 0 Å². The zero-order valence-electron chi connectivity index (χ0n) is 16.6. The van der Waals surface area contributed by atoms with Gasteiger partial charge in [-0.2, -0.15) is 0 Å². The summed E-state index contributed by atoms with van der Waals surface area (Å²) >= 11 is 0. The molecule has 2 heteroatoms. The van der Waals surface area contributed by atoms with Crippen LogP contribution in [0.2, 0.25) is 0 Å². The first-order chi connectivity index (χ1) is 14.3. The predicted octanol–water partition coefficient (Wildman–Crippen LogP) is 6.43. The maximum atomic E-state index is 6.42. The molecule has 4 aromatic rings. The molecule has 0 radical (unpaired) electrons. The van der Waals surface area contributed by atoms with Gasteiger partial charge in [0, 0.05) is 17.4 Å². The summed E-state index contributed by atoms with van der Waals surface area (Å²) in [6.07, 6.45) is 2.97. The summed E-state index contributed by atoms with van der Waals surface area (Å²) < 4.78 is 11.7. The lowest BCUT2D eigenvalue weighted by molar-refractivity contribution is 0.384. The van der Waals surface area contributed by atoms with Gasteiger partial charge in [-0.25, -0.2) is 0 Å². The fourth-order valence-electron chi connectivity index (χ4n) is 4.61. The molecule has 1 aliphatic carbocycles. The molecule has 3 aromatic carbocycles. The fraction of sp³-hybridized carbons (Fsp3) is 0.185. The Morgan fingerprint density at radius 3 is 2.00 bits per heavy atom. The van der Waals surface area contributed by atoms with E-state index in [4.69, 9.17) is 9.15 Å². The highest BCUT2D eigenvalue weighted by Crippen LogP contribution is 2.45. The van der Waals surface area contributed by atoms with Crippen molar-refractivity contribution in [2.45, 2.75) is 24.7 Å². The predicted molar refractivity (Wildman–Crippen MR) is 116 cm³/mol. The van der Waals surface area contributed by atoms with Gasteiger partial charge in [-0.3, -0.25) is 0 Å². The van der Waals surface area contributed by atoms with Crippen LogP contribution in [0.5, 0.6) is 5.75 Å². The monoisotopic (exact) mass is 380 g/mol. The van der Waals surface area contributed by atoms with E-state index >= 15 is 0 Å². The number of ether oxygens (including phenoxy) is 1. The smallest absolute Gasteiger partial charge is 0.134 e. The third-order valence-corrected chi connectivity index (χ3v) is 6.21. The average molecular weight is 380 g/mol. The minimum absolute atomic E-state index is 0.0510. The number of benzene rings is 3. The summed E-state index contributed by atoms with van der Waals surface area (Å²) in [6, 6.07) is 32.1. The van der Waals surface area contributed by atoms with Crippen LogP contribution >= 0.6 is 0 Å². The normalized spacial score (nSPS) is 14.9. The van der Waals surface area contributed by atoms with Crippen molar-refractivity contribution in [2.24, 2.45) is 0 Å². The number of furan rings is 1. The minimum atomic E-state index is -0.0510. The topological polar surface area (TPSA) is 22.4 Å². The van der Waals surface area contributed by atoms with Gasteiger partial charge < -0.3 is 9.15 Å². The van der Waals surface area contributed by atoms with E-state index in [0.29, 0.717) is 0 Å². The molecule has 0 saturated carbocycles. The summed E-state index contributed by atoms with van der Waals surface area (Å²) in [7, 11) is 1.69. The van der Waals surface area contributed by atoms with E-state index in [-0.39, 0.29) is 5.41 Å². The molecule has 0 N–H and O–H groups in total. The largest absolute Gasteiger partial charge is 0.497 e. The second kappa shape index (κ2) is 7.29. The van der Waals surface area contributed by atoms with Gasteiger partial charge in [-0.1, -0.05) is 60.7 Å². The van der Waals surface area contributed by atoms with Crippen molar-refractivity contribution >= 4 is 0 Å². The summed E-state index contributed by atoms with van der Waals surface area (Å²) in [6.45, 7) is 0. The Labute approximate surface area is 171 Å². The Bertz CT molecular complexity index is 1050. The van der Waals surface area contributed by atoms with Crippen molar-refractivity contribution in [2.75, 3.05) is 7.11 Å². The van der Waals surface area contributed by atoms with Gasteiger partial charge in [0.05, 0.1) is 7.11 Å². The minimum Gasteiger partial charge on any atom is -0.497 e. The van der Waals surface area contributed by atoms with Crippen LogP contribution < -0.4 is 4.74 Å². The van der Waals surface area contributed by atoms with Crippen molar-refractivity contribution < 1.29 is 9.15 Å². The quantitative estimate of drug-likeness (QED) is 0.407. The van der Waals surface area contributed by atoms with Crippen LogP contribution in [0.25, 0.3) is 11.3 Å². The Kier molecular flexibility index (Phi) is 4.48. The molecule has 0 atom stereocenters. The lowest BCUT2D eigenvalue weighted by Crippen LogP contribution is -2.34. The van der Waals surface area contributed by atoms with Gasteiger partial charge in [0.2, 0.25) is 0 Å². The van der Waals surface area contributed by atoms with Gasteiger partial charge in [-0.05, 0) is 59.9 Å². The molecule has 0 saturated heterocycles. The van der Waals surface area contributed by atoms with Gasteiger partial charge >= 0.3 is 0 Å². The van der Waals surface area contributed by atoms with Crippen molar-refractivity contribution in [3.8, 4) is 17.1 Å². The van der Waals surface area contributed by atoms with E-state index in [0.717, 1.165) is 42.1 Å². The summed E-state index contributed by atoms with van der Waals surface area (Å²) in [5.41, 5.74) is 5.09. The highest BCUT2D eigenvalue weighted by molar-refractivity contribution is 5.61. The summed E-state index contributed by atoms with van der Waals surface area (Å²) in [5.74, 6) is 2.90. The maximum Gasteiger partial charge on any atom is 0.134 e. The molecule has 0 unspecified atom stereocenters. The standard InChI is InChI=1S/C27H24O2/c1-28-24-14-12-20(13-15-24)25-18-21-16-17-27(19-26(21)29-25,22-8-4-2-5-9-22)23-10-6-3-7-11-23/h2-15,18H,16-17,19H2,1H3. The highest BCUT2D eigenvalue weighted by atomic mass is 16.5. The lowest BCUT2D eigenvalue weighted by atomic mass is 9.65. The number of rotatable bonds is 4. The lowest BCUT2D eigenvalue weighted by Gasteiger charge is -2.37. The number of methoxy groups -OCH3 is 1. The van der Waals surface area contributed by atoms with Crippen molar-refractivity contribution in [1.29, 1.82) is 0 Å². The van der Waals surface area contributed by atoms with Crippen molar-refractivity contribution in [3.05, 3.63) is 113 Å². The van der Waals surface area contributed by atoms with E-state index in [1.807, 2.05) is 12.1 Å². The molecular weight excluding hydrogens is 356 g/mol. The molecule has 0 fully saturated rings. The van der Waals surface area contributed by atoms with Crippen molar-refractivity contribution in [3.63, 3.8) is 0 Å². The number of hydrogen-bond donors (Lipinski definition) is 0. The molecule has 1 heterocycles. The molecule has 0 bridgehead atoms. The van der Waals surface area contributed by atoms with Crippen LogP contribution in [-0.2, 0) is 18.3 Å². The van der Waals surface area contributed by atoms with E-state index in [1.165, 1.54) is 16.7 Å². The van der Waals surface area contributed by atoms with Crippen LogP contribution in [0.4, 0.5) is 0 Å². The van der Waals surface area contributed by atoms with E-state index in [1.54, 1.807) is 7.11 Å². The van der Waals surface area contributed by atoms with E-state index in [2.05, 4.69) is 78.9 Å². The van der Waals surface area contributed by atoms with Crippen LogP contribution in [0.3, 0.4) is 0 Å². The molecule has 1 aromatic heterocycles. The van der Waals surface area contributed by atoms with Crippen LogP contribution in [0.1, 0.15) is 28.9 Å². The van der Waals surface area contributed by atoms with Gasteiger partial charge in [0.1, 0.15) is 17.3 Å². The third-order valence-electron chi connectivity index (χ3n) is 6.21. The first-order valence-electron chi connectivity index (χ1n) is 10.2. The maximum absolute atomic E-state index is 6.42. The molecular formula is C27H24O2. The molecule has 0 amide bonds. The van der Waals surface area contributed by atoms with Crippen LogP contribution in [-0.4, -0.2) is 7.11 Å². The molecule has 5 rings (SSSR count). The van der Waals surface area contributed by atoms with E-state index < -0.39 is 0 Å². The fourth-order valence-corrected chi connectivity index (χ4v) is 4.61. The SMILES string of the molecule is COc1ccc(-c2cc3c(o2)CC(c2ccccc2)(c2ccccc2)CC3)cc1. The second-order valence-corrected chi connectivity index (χ2v) is 7.78. The first-order valence-corrected chi connectivity index (χ1v) is 10.2. The zero-order chi connectivity index (χ0) is 19.7. The zero-order valence-corrected chi connectivity index (χ0v) is 16.6. The van der Waals surface area contributed by atoms with Crippen molar-refractivity contribution in [1.82, 2.24) is 0 Å². The third kappa shape index (κ3) is 3.15. The number of aryl methyl sites for hydroxylation is 1. The van der Waals surface area contributed by atoms with Crippen LogP contribution in [0.15, 0.2) is 95.4 Å². The molecule has 1 aliphatic rings. The van der Waals surface area contributed by atoms with E-state index in [9.17, 15) is 0 Å². The summed E-state index contributed by atoms with van der Waals surface area (Å²) in [4.78, 5) is 0.